The minimum atomic E-state index is 0.0527. The molecular formula is C21H29N5O2. The van der Waals surface area contributed by atoms with Gasteiger partial charge in [0, 0.05) is 45.1 Å². The first-order valence-electron chi connectivity index (χ1n) is 9.80. The molecule has 3 rings (SSSR count). The molecule has 0 saturated carbocycles. The summed E-state index contributed by atoms with van der Waals surface area (Å²) in [6, 6.07) is 7.74. The van der Waals surface area contributed by atoms with E-state index in [0.29, 0.717) is 13.0 Å². The smallest absolute Gasteiger partial charge is 0.225 e. The van der Waals surface area contributed by atoms with E-state index in [0.717, 1.165) is 62.0 Å². The second-order valence-electron chi connectivity index (χ2n) is 7.06. The van der Waals surface area contributed by atoms with Crippen LogP contribution in [-0.2, 0) is 11.2 Å². The molecule has 1 aliphatic rings. The minimum absolute atomic E-state index is 0.0527. The minimum Gasteiger partial charge on any atom is -0.496 e. The third-order valence-electron chi connectivity index (χ3n) is 5.02. The van der Waals surface area contributed by atoms with Gasteiger partial charge in [0.1, 0.15) is 5.75 Å². The maximum atomic E-state index is 12.2. The Morgan fingerprint density at radius 1 is 1.18 bits per heavy atom. The quantitative estimate of drug-likeness (QED) is 0.699. The monoisotopic (exact) mass is 383 g/mol. The fourth-order valence-electron chi connectivity index (χ4n) is 3.38. The molecule has 1 saturated heterocycles. The Morgan fingerprint density at radius 3 is 2.64 bits per heavy atom. The largest absolute Gasteiger partial charge is 0.496 e. The molecule has 0 bridgehead atoms. The van der Waals surface area contributed by atoms with E-state index in [4.69, 9.17) is 4.74 Å². The van der Waals surface area contributed by atoms with Crippen molar-refractivity contribution < 1.29 is 9.53 Å². The van der Waals surface area contributed by atoms with Gasteiger partial charge in [-0.25, -0.2) is 9.97 Å². The highest BCUT2D eigenvalue weighted by atomic mass is 16.5. The van der Waals surface area contributed by atoms with Crippen molar-refractivity contribution >= 4 is 11.9 Å². The van der Waals surface area contributed by atoms with Crippen molar-refractivity contribution in [1.29, 1.82) is 0 Å². The molecule has 0 aliphatic carbocycles. The zero-order chi connectivity index (χ0) is 19.8. The van der Waals surface area contributed by atoms with Gasteiger partial charge in [0.05, 0.1) is 13.5 Å². The fraction of sp³-hybridized carbons (Fsp3) is 0.476. The molecule has 0 unspecified atom stereocenters. The zero-order valence-electron chi connectivity index (χ0n) is 16.7. The van der Waals surface area contributed by atoms with Gasteiger partial charge in [0.2, 0.25) is 11.9 Å². The third-order valence-corrected chi connectivity index (χ3v) is 5.02. The van der Waals surface area contributed by atoms with Crippen LogP contribution in [0.1, 0.15) is 17.5 Å². The predicted octanol–water partition coefficient (Wildman–Crippen LogP) is 1.66. The van der Waals surface area contributed by atoms with Crippen LogP contribution >= 0.6 is 0 Å². The standard InChI is InChI=1S/C21H29N5O2/c1-17-5-6-18(15-19(17)28-2)16-20(27)22-9-4-10-25-11-13-26(14-12-25)21-23-7-3-8-24-21/h3,5-8,15H,4,9-14,16H2,1-2H3,(H,22,27). The number of nitrogens with zero attached hydrogens (tertiary/aromatic N) is 4. The van der Waals surface area contributed by atoms with Gasteiger partial charge in [-0.2, -0.15) is 0 Å². The highest BCUT2D eigenvalue weighted by molar-refractivity contribution is 5.78. The molecule has 0 atom stereocenters. The lowest BCUT2D eigenvalue weighted by molar-refractivity contribution is -0.120. The van der Waals surface area contributed by atoms with Crippen LogP contribution in [0.15, 0.2) is 36.7 Å². The van der Waals surface area contributed by atoms with Crippen LogP contribution in [0.2, 0.25) is 0 Å². The number of rotatable bonds is 8. The summed E-state index contributed by atoms with van der Waals surface area (Å²) in [5.41, 5.74) is 2.05. The van der Waals surface area contributed by atoms with Gasteiger partial charge < -0.3 is 15.0 Å². The Morgan fingerprint density at radius 2 is 1.93 bits per heavy atom. The summed E-state index contributed by atoms with van der Waals surface area (Å²) in [6.45, 7) is 7.54. The molecule has 7 heteroatoms. The van der Waals surface area contributed by atoms with E-state index in [9.17, 15) is 4.79 Å². The number of hydrogen-bond donors (Lipinski definition) is 1. The Kier molecular flexibility index (Phi) is 7.19. The van der Waals surface area contributed by atoms with E-state index in [2.05, 4.69) is 25.1 Å². The van der Waals surface area contributed by atoms with Gasteiger partial charge in [-0.3, -0.25) is 9.69 Å². The lowest BCUT2D eigenvalue weighted by Gasteiger charge is -2.34. The number of aromatic nitrogens is 2. The van der Waals surface area contributed by atoms with Crippen molar-refractivity contribution in [3.05, 3.63) is 47.8 Å². The number of nitrogens with one attached hydrogen (secondary N) is 1. The molecule has 2 heterocycles. The van der Waals surface area contributed by atoms with E-state index in [1.165, 1.54) is 0 Å². The Balaban J connectivity index is 1.32. The molecule has 28 heavy (non-hydrogen) atoms. The van der Waals surface area contributed by atoms with Crippen molar-refractivity contribution in [3.63, 3.8) is 0 Å². The van der Waals surface area contributed by atoms with Crippen LogP contribution in [0.3, 0.4) is 0 Å². The predicted molar refractivity (Wildman–Crippen MR) is 110 cm³/mol. The number of aryl methyl sites for hydroxylation is 1. The molecule has 150 valence electrons. The van der Waals surface area contributed by atoms with Crippen LogP contribution in [0, 0.1) is 6.92 Å². The average Bonchev–Trinajstić information content (AvgIpc) is 2.73. The lowest BCUT2D eigenvalue weighted by atomic mass is 10.1. The molecular weight excluding hydrogens is 354 g/mol. The average molecular weight is 383 g/mol. The van der Waals surface area contributed by atoms with E-state index < -0.39 is 0 Å². The van der Waals surface area contributed by atoms with Gasteiger partial charge in [-0.15, -0.1) is 0 Å². The van der Waals surface area contributed by atoms with E-state index in [1.54, 1.807) is 19.5 Å². The van der Waals surface area contributed by atoms with Crippen molar-refractivity contribution in [1.82, 2.24) is 20.2 Å². The summed E-state index contributed by atoms with van der Waals surface area (Å²) in [5, 5.41) is 3.02. The van der Waals surface area contributed by atoms with Gasteiger partial charge in [0.15, 0.2) is 0 Å². The van der Waals surface area contributed by atoms with Gasteiger partial charge in [0.25, 0.3) is 0 Å². The molecule has 1 aromatic carbocycles. The first-order chi connectivity index (χ1) is 13.7. The Bertz CT molecular complexity index is 761. The number of anilines is 1. The molecule has 7 nitrogen and oxygen atoms in total. The Hall–Kier alpha value is -2.67. The molecule has 1 amide bonds. The molecule has 1 N–H and O–H groups in total. The Labute approximate surface area is 166 Å². The summed E-state index contributed by atoms with van der Waals surface area (Å²) in [6.07, 6.45) is 4.89. The van der Waals surface area contributed by atoms with Crippen LogP contribution in [0.4, 0.5) is 5.95 Å². The molecule has 0 radical (unpaired) electrons. The highest BCUT2D eigenvalue weighted by Crippen LogP contribution is 2.19. The van der Waals surface area contributed by atoms with E-state index in [-0.39, 0.29) is 5.91 Å². The van der Waals surface area contributed by atoms with Crippen LogP contribution < -0.4 is 15.0 Å². The summed E-state index contributed by atoms with van der Waals surface area (Å²) < 4.78 is 5.32. The van der Waals surface area contributed by atoms with Crippen molar-refractivity contribution in [2.75, 3.05) is 51.3 Å². The summed E-state index contributed by atoms with van der Waals surface area (Å²) in [7, 11) is 1.65. The number of carbonyl (C=O) groups is 1. The highest BCUT2D eigenvalue weighted by Gasteiger charge is 2.18. The second kappa shape index (κ2) is 10.0. The fourth-order valence-corrected chi connectivity index (χ4v) is 3.38. The van der Waals surface area contributed by atoms with Gasteiger partial charge >= 0.3 is 0 Å². The molecule has 1 aliphatic heterocycles. The summed E-state index contributed by atoms with van der Waals surface area (Å²) in [5.74, 6) is 1.68. The zero-order valence-corrected chi connectivity index (χ0v) is 16.7. The number of piperazine rings is 1. The molecule has 1 aromatic heterocycles. The number of hydrogen-bond acceptors (Lipinski definition) is 6. The van der Waals surface area contributed by atoms with Crippen molar-refractivity contribution in [3.8, 4) is 5.75 Å². The van der Waals surface area contributed by atoms with E-state index in [1.807, 2.05) is 31.2 Å². The van der Waals surface area contributed by atoms with Gasteiger partial charge in [-0.1, -0.05) is 12.1 Å². The summed E-state index contributed by atoms with van der Waals surface area (Å²) in [4.78, 5) is 25.4. The normalized spacial score (nSPS) is 14.7. The number of carbonyl (C=O) groups excluding carboxylic acids is 1. The molecule has 1 fully saturated rings. The number of methoxy groups -OCH3 is 1. The maximum absolute atomic E-state index is 12.2. The van der Waals surface area contributed by atoms with Crippen LogP contribution in [0.25, 0.3) is 0 Å². The lowest BCUT2D eigenvalue weighted by Crippen LogP contribution is -2.47. The number of ether oxygens (including phenoxy) is 1. The summed E-state index contributed by atoms with van der Waals surface area (Å²) >= 11 is 0. The number of benzene rings is 1. The SMILES string of the molecule is COc1cc(CC(=O)NCCCN2CCN(c3ncccn3)CC2)ccc1C. The van der Waals surface area contributed by atoms with Crippen molar-refractivity contribution in [2.45, 2.75) is 19.8 Å². The molecule has 0 spiro atoms. The first-order valence-corrected chi connectivity index (χ1v) is 9.80. The first kappa shape index (κ1) is 20.1. The maximum Gasteiger partial charge on any atom is 0.225 e. The third kappa shape index (κ3) is 5.66. The molecule has 2 aromatic rings. The van der Waals surface area contributed by atoms with E-state index >= 15 is 0 Å². The van der Waals surface area contributed by atoms with Crippen molar-refractivity contribution in [2.24, 2.45) is 0 Å². The van der Waals surface area contributed by atoms with Crippen LogP contribution in [-0.4, -0.2) is 67.2 Å². The number of amides is 1. The van der Waals surface area contributed by atoms with Crippen LogP contribution in [0.5, 0.6) is 5.75 Å². The second-order valence-corrected chi connectivity index (χ2v) is 7.06. The topological polar surface area (TPSA) is 70.6 Å². The van der Waals surface area contributed by atoms with Gasteiger partial charge in [-0.05, 0) is 43.1 Å².